The van der Waals surface area contributed by atoms with Crippen LogP contribution >= 0.6 is 0 Å². The summed E-state index contributed by atoms with van der Waals surface area (Å²) in [5.41, 5.74) is 0.972. The molecule has 2 rings (SSSR count). The van der Waals surface area contributed by atoms with Gasteiger partial charge in [0.15, 0.2) is 0 Å². The molecule has 0 amide bonds. The minimum Gasteiger partial charge on any atom is -0.309 e. The van der Waals surface area contributed by atoms with Crippen LogP contribution < -0.4 is 10.5 Å². The van der Waals surface area contributed by atoms with E-state index in [0.29, 0.717) is 19.4 Å². The maximum absolute atomic E-state index is 12.8. The van der Waals surface area contributed by atoms with E-state index in [4.69, 9.17) is 5.14 Å². The SMILES string of the molecule is NS(=O)(=O)C1CCC(c2ccc(F)cc2)NC1. The molecule has 1 heterocycles. The van der Waals surface area contributed by atoms with Gasteiger partial charge in [0.25, 0.3) is 0 Å². The second-order valence-electron chi connectivity index (χ2n) is 4.30. The average Bonchev–Trinajstić information content (AvgIpc) is 2.29. The molecule has 1 aliphatic rings. The maximum Gasteiger partial charge on any atom is 0.213 e. The smallest absolute Gasteiger partial charge is 0.213 e. The van der Waals surface area contributed by atoms with Crippen LogP contribution in [-0.2, 0) is 10.0 Å². The summed E-state index contributed by atoms with van der Waals surface area (Å²) in [6.45, 7) is 0.348. The van der Waals surface area contributed by atoms with Gasteiger partial charge < -0.3 is 5.32 Å². The zero-order valence-corrected chi connectivity index (χ0v) is 10.1. The van der Waals surface area contributed by atoms with Gasteiger partial charge in [0.05, 0.1) is 5.25 Å². The van der Waals surface area contributed by atoms with E-state index in [1.807, 2.05) is 0 Å². The van der Waals surface area contributed by atoms with Crippen molar-refractivity contribution < 1.29 is 12.8 Å². The molecule has 1 saturated heterocycles. The topological polar surface area (TPSA) is 72.2 Å². The Morgan fingerprint density at radius 1 is 1.24 bits per heavy atom. The van der Waals surface area contributed by atoms with Gasteiger partial charge in [-0.2, -0.15) is 0 Å². The van der Waals surface area contributed by atoms with Crippen molar-refractivity contribution in [1.29, 1.82) is 0 Å². The fraction of sp³-hybridized carbons (Fsp3) is 0.455. The molecule has 94 valence electrons. The van der Waals surface area contributed by atoms with Gasteiger partial charge in [-0.1, -0.05) is 12.1 Å². The highest BCUT2D eigenvalue weighted by Gasteiger charge is 2.28. The predicted molar refractivity (Wildman–Crippen MR) is 63.3 cm³/mol. The Labute approximate surface area is 100 Å². The van der Waals surface area contributed by atoms with Crippen molar-refractivity contribution in [2.24, 2.45) is 5.14 Å². The summed E-state index contributed by atoms with van der Waals surface area (Å²) in [6.07, 6.45) is 1.22. The van der Waals surface area contributed by atoms with E-state index >= 15 is 0 Å². The van der Waals surface area contributed by atoms with Crippen LogP contribution in [0.5, 0.6) is 0 Å². The molecule has 0 spiro atoms. The van der Waals surface area contributed by atoms with Crippen molar-refractivity contribution in [3.05, 3.63) is 35.6 Å². The van der Waals surface area contributed by atoms with Crippen LogP contribution in [0.3, 0.4) is 0 Å². The van der Waals surface area contributed by atoms with E-state index in [1.165, 1.54) is 12.1 Å². The summed E-state index contributed by atoms with van der Waals surface area (Å²) >= 11 is 0. The standard InChI is InChI=1S/C11H15FN2O2S/c12-9-3-1-8(2-4-9)11-6-5-10(7-14-11)17(13,15)16/h1-4,10-11,14H,5-7H2,(H2,13,15,16). The quantitative estimate of drug-likeness (QED) is 0.828. The number of hydrogen-bond acceptors (Lipinski definition) is 3. The zero-order chi connectivity index (χ0) is 12.5. The Hall–Kier alpha value is -0.980. The second kappa shape index (κ2) is 4.72. The van der Waals surface area contributed by atoms with Crippen molar-refractivity contribution in [1.82, 2.24) is 5.32 Å². The number of sulfonamides is 1. The third-order valence-electron chi connectivity index (χ3n) is 3.11. The van der Waals surface area contributed by atoms with Crippen molar-refractivity contribution in [3.8, 4) is 0 Å². The normalized spacial score (nSPS) is 25.8. The Bertz CT molecular complexity index is 479. The second-order valence-corrected chi connectivity index (χ2v) is 6.15. The Morgan fingerprint density at radius 2 is 1.88 bits per heavy atom. The molecular weight excluding hydrogens is 243 g/mol. The van der Waals surface area contributed by atoms with Crippen LogP contribution in [0.2, 0.25) is 0 Å². The lowest BCUT2D eigenvalue weighted by Gasteiger charge is -2.28. The molecule has 1 fully saturated rings. The molecule has 17 heavy (non-hydrogen) atoms. The Balaban J connectivity index is 2.02. The monoisotopic (exact) mass is 258 g/mol. The summed E-state index contributed by atoms with van der Waals surface area (Å²) in [5, 5.41) is 7.71. The molecule has 4 nitrogen and oxygen atoms in total. The molecule has 1 aromatic rings. The zero-order valence-electron chi connectivity index (χ0n) is 9.27. The van der Waals surface area contributed by atoms with Crippen LogP contribution in [0, 0.1) is 5.82 Å². The van der Waals surface area contributed by atoms with Crippen LogP contribution in [-0.4, -0.2) is 20.2 Å². The lowest BCUT2D eigenvalue weighted by Crippen LogP contribution is -2.43. The van der Waals surface area contributed by atoms with E-state index in [0.717, 1.165) is 5.56 Å². The molecular formula is C11H15FN2O2S. The van der Waals surface area contributed by atoms with Crippen LogP contribution in [0.25, 0.3) is 0 Å². The number of halogens is 1. The summed E-state index contributed by atoms with van der Waals surface area (Å²) in [5.74, 6) is -0.271. The molecule has 1 aliphatic heterocycles. The first-order valence-electron chi connectivity index (χ1n) is 5.47. The summed E-state index contributed by atoms with van der Waals surface area (Å²) in [7, 11) is -3.46. The molecule has 1 aromatic carbocycles. The van der Waals surface area contributed by atoms with Crippen molar-refractivity contribution in [3.63, 3.8) is 0 Å². The maximum atomic E-state index is 12.8. The number of nitrogens with two attached hydrogens (primary N) is 1. The third kappa shape index (κ3) is 3.02. The molecule has 0 aromatic heterocycles. The van der Waals surface area contributed by atoms with Gasteiger partial charge in [-0.25, -0.2) is 17.9 Å². The summed E-state index contributed by atoms with van der Waals surface area (Å²) < 4.78 is 35.1. The Kier molecular flexibility index (Phi) is 3.46. The lowest BCUT2D eigenvalue weighted by molar-refractivity contribution is 0.407. The van der Waals surface area contributed by atoms with Crippen LogP contribution in [0.4, 0.5) is 4.39 Å². The largest absolute Gasteiger partial charge is 0.309 e. The van der Waals surface area contributed by atoms with Gasteiger partial charge in [0.2, 0.25) is 10.0 Å². The molecule has 2 unspecified atom stereocenters. The van der Waals surface area contributed by atoms with Gasteiger partial charge in [0, 0.05) is 12.6 Å². The van der Waals surface area contributed by atoms with E-state index in [2.05, 4.69) is 5.32 Å². The number of nitrogens with one attached hydrogen (secondary N) is 1. The highest BCUT2D eigenvalue weighted by atomic mass is 32.2. The molecule has 3 N–H and O–H groups in total. The molecule has 0 bridgehead atoms. The van der Waals surface area contributed by atoms with Gasteiger partial charge in [0.1, 0.15) is 5.82 Å². The average molecular weight is 258 g/mol. The number of benzene rings is 1. The van der Waals surface area contributed by atoms with Crippen molar-refractivity contribution >= 4 is 10.0 Å². The van der Waals surface area contributed by atoms with Gasteiger partial charge in [-0.15, -0.1) is 0 Å². The first-order valence-corrected chi connectivity index (χ1v) is 7.08. The first-order chi connectivity index (χ1) is 7.97. The number of primary sulfonamides is 1. The molecule has 6 heteroatoms. The van der Waals surface area contributed by atoms with Crippen molar-refractivity contribution in [2.45, 2.75) is 24.1 Å². The van der Waals surface area contributed by atoms with Crippen LogP contribution in [0.1, 0.15) is 24.4 Å². The minimum absolute atomic E-state index is 0.0774. The minimum atomic E-state index is -3.46. The van der Waals surface area contributed by atoms with Gasteiger partial charge in [-0.3, -0.25) is 0 Å². The highest BCUT2D eigenvalue weighted by molar-refractivity contribution is 7.89. The number of piperidine rings is 1. The molecule has 0 saturated carbocycles. The summed E-state index contributed by atoms with van der Waals surface area (Å²) in [6, 6.07) is 6.31. The number of rotatable bonds is 2. The molecule has 0 aliphatic carbocycles. The third-order valence-corrected chi connectivity index (χ3v) is 4.44. The number of hydrogen-bond donors (Lipinski definition) is 2. The van der Waals surface area contributed by atoms with E-state index < -0.39 is 15.3 Å². The lowest BCUT2D eigenvalue weighted by atomic mass is 9.97. The van der Waals surface area contributed by atoms with Crippen LogP contribution in [0.15, 0.2) is 24.3 Å². The molecule has 2 atom stereocenters. The fourth-order valence-electron chi connectivity index (χ4n) is 2.09. The predicted octanol–water partition coefficient (Wildman–Crippen LogP) is 0.907. The highest BCUT2D eigenvalue weighted by Crippen LogP contribution is 2.25. The van der Waals surface area contributed by atoms with E-state index in [1.54, 1.807) is 12.1 Å². The van der Waals surface area contributed by atoms with E-state index in [-0.39, 0.29) is 11.9 Å². The molecule has 0 radical (unpaired) electrons. The fourth-order valence-corrected chi connectivity index (χ4v) is 2.88. The van der Waals surface area contributed by atoms with Gasteiger partial charge in [-0.05, 0) is 30.5 Å². The Morgan fingerprint density at radius 3 is 2.35 bits per heavy atom. The summed E-state index contributed by atoms with van der Waals surface area (Å²) in [4.78, 5) is 0. The van der Waals surface area contributed by atoms with E-state index in [9.17, 15) is 12.8 Å². The van der Waals surface area contributed by atoms with Crippen molar-refractivity contribution in [2.75, 3.05) is 6.54 Å². The first kappa shape index (κ1) is 12.5. The van der Waals surface area contributed by atoms with Gasteiger partial charge >= 0.3 is 0 Å².